The molecule has 0 spiro atoms. The number of aromatic hydroxyl groups is 1. The number of carboxylic acids is 4. The lowest BCUT2D eigenvalue weighted by molar-refractivity contribution is -0.142. The summed E-state index contributed by atoms with van der Waals surface area (Å²) in [6.45, 7) is 4.76. The Morgan fingerprint density at radius 3 is 1.39 bits per heavy atom. The Balaban J connectivity index is 1.37. The van der Waals surface area contributed by atoms with Crippen LogP contribution in [0, 0.1) is 23.2 Å². The maximum absolute atomic E-state index is 15.2. The minimum Gasteiger partial charge on any atom is -0.508 e. The van der Waals surface area contributed by atoms with Crippen LogP contribution >= 0.6 is 35.3 Å². The summed E-state index contributed by atoms with van der Waals surface area (Å²) in [7, 11) is 0. The normalized spacial score (nSPS) is 23.6. The maximum Gasteiger partial charge on any atom is 0.336 e. The van der Waals surface area contributed by atoms with Gasteiger partial charge in [0, 0.05) is 107 Å². The van der Waals surface area contributed by atoms with Crippen LogP contribution in [0.5, 0.6) is 5.75 Å². The second-order valence-electron chi connectivity index (χ2n) is 36.9. The van der Waals surface area contributed by atoms with Crippen LogP contribution < -0.4 is 103 Å². The zero-order valence-corrected chi connectivity index (χ0v) is 84.9. The minimum absolute atomic E-state index is 0.181. The van der Waals surface area contributed by atoms with E-state index in [1.54, 1.807) is 48.5 Å². The minimum atomic E-state index is -2.32. The van der Waals surface area contributed by atoms with Gasteiger partial charge in [-0.1, -0.05) is 106 Å². The van der Waals surface area contributed by atoms with E-state index in [1.807, 2.05) is 0 Å². The van der Waals surface area contributed by atoms with Crippen molar-refractivity contribution in [1.82, 2.24) is 82.8 Å². The summed E-state index contributed by atoms with van der Waals surface area (Å²) in [6.07, 6.45) is -11.4. The van der Waals surface area contributed by atoms with Crippen molar-refractivity contribution >= 4 is 182 Å². The molecule has 15 amide bonds. The predicted molar refractivity (Wildman–Crippen MR) is 537 cm³/mol. The smallest absolute Gasteiger partial charge is 0.336 e. The van der Waals surface area contributed by atoms with E-state index in [2.05, 4.69) is 69.1 Å². The van der Waals surface area contributed by atoms with Gasteiger partial charge in [-0.3, -0.25) is 110 Å². The number of phenols is 1. The molecule has 3 heterocycles. The SMILES string of the molecule is C[C@H](N)C(=O)C[C@H]1CSCC(=O)CCCn2c(=O)n3c(=O)n(c2=O)CCNC(=O)CSC[C@H](NC(=O)[C@@H](C)NC(=O)[C@H](Cc2cccc4ccccc24)CC(=O)[C@H](CCC(=O)O)NC(=O)[C@H](CC(N)=O)NC(=O)[C@@H](C)NC1=O)C(=O)N[C@@H](CCC(=O)O)C(=O)N[C@@H](CC(=O)O)C(=O)N[C@@H](Cc1ccccc1)C(=O)N[C@@H](Cc1ccc(O)cc1)C(=O)N[C@@H](CC(=O)O)C(=O)N[C@@H](C(C)(C)C)C(=O)C[C@H](C(N)=O)CSCC(=O)NCC3. The first-order valence-corrected chi connectivity index (χ1v) is 50.9. The van der Waals surface area contributed by atoms with Crippen LogP contribution in [-0.2, 0) is 149 Å². The van der Waals surface area contributed by atoms with Crippen molar-refractivity contribution in [1.29, 1.82) is 0 Å². The molecular weight excluding hydrogens is 2010 g/mol. The number of aromatic nitrogens is 3. The number of rotatable bonds is 22. The van der Waals surface area contributed by atoms with Gasteiger partial charge in [0.1, 0.15) is 71.7 Å². The number of nitrogens with one attached hydrogen (secondary N) is 13. The van der Waals surface area contributed by atoms with E-state index in [9.17, 15) is 136 Å². The number of phenolic OH excluding ortho intramolecular Hbond substituents is 1. The Hall–Kier alpha value is -15.0. The van der Waals surface area contributed by atoms with Crippen molar-refractivity contribution in [2.45, 2.75) is 230 Å². The number of carbonyl (C=O) groups is 23. The number of nitrogens with zero attached hydrogens (tertiary/aromatic N) is 3. The molecule has 0 unspecified atom stereocenters. The molecule has 0 aliphatic carbocycles. The Kier molecular flexibility index (Phi) is 47.5. The lowest BCUT2D eigenvalue weighted by Crippen LogP contribution is -2.61. The molecule has 0 saturated carbocycles. The van der Waals surface area contributed by atoms with E-state index in [-0.39, 0.29) is 41.2 Å². The summed E-state index contributed by atoms with van der Waals surface area (Å²) in [4.78, 5) is 366. The number of primary amides is 2. The molecule has 0 saturated heterocycles. The van der Waals surface area contributed by atoms with Gasteiger partial charge in [0.15, 0.2) is 11.6 Å². The lowest BCUT2D eigenvalue weighted by atomic mass is 9.81. The standard InChI is InChI=1S/C96H125N19O31S3/c1-49(97)70(118)39-58-44-147-45-60(117)19-13-31-113-93(144)114-32-29-100-74(122)47-148-43-57(81(99)132)38-72(120)80(96(4,5)6)112-91(142)68(42-79(130)131)110-88(139)65(35-53-21-23-59(116)24-22-53)107-87(138)64(34-52-14-8-7-9-15-52)108-90(141)67(41-78(128)129)109-86(137)63(26-28-77(126)127)105-92(143)69(46-149-48-75(123)101-30-33-115(94(113)145)95(114)146)111-83(134)51(3)102-84(135)56(36-55-18-12-17-54-16-10-11-20-61(54)55)37-71(119)62(25-27-76(124)125)104-89(140)66(40-73(98)121)106-82(133)50(2)103-85(58)136/h7-12,14-18,20-24,49-51,56-58,62-69,80,116H,13,19,25-48,97H2,1-6H3,(H2,98,121)(H2,99,132)(H,100,122)(H,101,123)(H,102,135)(H,103,136)(H,104,140)(H,105,143)(H,106,133)(H,107,138)(H,108,141)(H,109,137)(H,110,139)(H,111,134)(H,112,142)(H,124,125)(H,126,127)(H,128,129)(H,130,131)/t49-,50+,51+,56+,57-,58-,62-,63-,64-,65-,66-,67-,68-,69-,80+/m0/s1. The Morgan fingerprint density at radius 1 is 0.423 bits per heavy atom. The van der Waals surface area contributed by atoms with Crippen molar-refractivity contribution in [3.05, 3.63) is 145 Å². The van der Waals surface area contributed by atoms with E-state index < -0.39 is 388 Å². The van der Waals surface area contributed by atoms with Crippen LogP contribution in [0.2, 0.25) is 0 Å². The van der Waals surface area contributed by atoms with Crippen molar-refractivity contribution in [3.8, 4) is 5.75 Å². The van der Waals surface area contributed by atoms with Crippen molar-refractivity contribution in [2.24, 2.45) is 40.4 Å². The van der Waals surface area contributed by atoms with Crippen molar-refractivity contribution in [2.75, 3.05) is 47.6 Å². The molecule has 0 fully saturated rings. The van der Waals surface area contributed by atoms with E-state index in [0.717, 1.165) is 37.4 Å². The van der Waals surface area contributed by atoms with Gasteiger partial charge < -0.3 is 112 Å². The Morgan fingerprint density at radius 2 is 0.866 bits per heavy atom. The van der Waals surface area contributed by atoms with E-state index >= 15 is 14.4 Å². The van der Waals surface area contributed by atoms with Crippen molar-refractivity contribution in [3.63, 3.8) is 0 Å². The highest BCUT2D eigenvalue weighted by Crippen LogP contribution is 2.28. The van der Waals surface area contributed by atoms with Gasteiger partial charge >= 0.3 is 40.9 Å². The average molecular weight is 2140 g/mol. The molecule has 7 rings (SSSR count). The summed E-state index contributed by atoms with van der Waals surface area (Å²) in [5, 5.41) is 83.1. The zero-order valence-electron chi connectivity index (χ0n) is 82.4. The first-order chi connectivity index (χ1) is 70.3. The largest absolute Gasteiger partial charge is 0.508 e. The van der Waals surface area contributed by atoms with Gasteiger partial charge in [0.2, 0.25) is 88.6 Å². The quantitative estimate of drug-likeness (QED) is 0.0309. The Bertz CT molecular complexity index is 5990. The summed E-state index contributed by atoms with van der Waals surface area (Å²) in [6, 6.07) is 1.58. The fraction of sp³-hybridized carbons (Fsp3) is 0.500. The molecule has 149 heavy (non-hydrogen) atoms. The number of carboxylic acid groups (broad SMARTS) is 4. The highest BCUT2D eigenvalue weighted by molar-refractivity contribution is 8.00. The first-order valence-electron chi connectivity index (χ1n) is 47.4. The molecule has 2 aliphatic rings. The number of fused-ring (bicyclic) bond motifs is 10. The number of amides is 15. The van der Waals surface area contributed by atoms with E-state index in [4.69, 9.17) is 17.2 Å². The molecule has 24 N–H and O–H groups in total. The zero-order chi connectivity index (χ0) is 110. The topological polar surface area (TPSA) is 794 Å². The molecule has 2 aliphatic heterocycles. The third-order valence-corrected chi connectivity index (χ3v) is 27.1. The lowest BCUT2D eigenvalue weighted by Gasteiger charge is -2.32. The third-order valence-electron chi connectivity index (χ3n) is 23.8. The molecule has 15 atom stereocenters. The number of hydrogen-bond donors (Lipinski definition) is 21. The van der Waals surface area contributed by atoms with Gasteiger partial charge in [-0.25, -0.2) is 28.1 Å². The summed E-state index contributed by atoms with van der Waals surface area (Å²) in [5.74, 6) is -35.7. The molecule has 4 aromatic carbocycles. The van der Waals surface area contributed by atoms with Gasteiger partial charge in [-0.05, 0) is 91.5 Å². The molecule has 1 aromatic heterocycles. The number of ketones is 4. The summed E-state index contributed by atoms with van der Waals surface area (Å²) < 4.78 is 1.62. The number of aliphatic carboxylic acids is 4. The molecule has 0 radical (unpaired) electrons. The van der Waals surface area contributed by atoms with Gasteiger partial charge in [0.05, 0.1) is 66.5 Å². The monoisotopic (exact) mass is 2140 g/mol. The average Bonchev–Trinajstić information content (AvgIpc) is 0.782. The summed E-state index contributed by atoms with van der Waals surface area (Å²) in [5.41, 5.74) is 13.0. The fourth-order valence-electron chi connectivity index (χ4n) is 15.7. The fourth-order valence-corrected chi connectivity index (χ4v) is 18.5. The van der Waals surface area contributed by atoms with Gasteiger partial charge in [-0.15, -0.1) is 11.8 Å². The second-order valence-corrected chi connectivity index (χ2v) is 40.0. The number of nitrogens with two attached hydrogens (primary N) is 3. The van der Waals surface area contributed by atoms with Crippen LogP contribution in [0.1, 0.15) is 135 Å². The predicted octanol–water partition coefficient (Wildman–Crippen LogP) is -4.90. The van der Waals surface area contributed by atoms with E-state index in [0.29, 0.717) is 41.8 Å². The molecule has 53 heteroatoms. The maximum atomic E-state index is 15.2. The van der Waals surface area contributed by atoms with Crippen LogP contribution in [0.3, 0.4) is 0 Å². The number of Topliss-reactive ketones (excluding diaryl/α,β-unsaturated/α-hetero) is 4. The van der Waals surface area contributed by atoms with Crippen LogP contribution in [0.4, 0.5) is 0 Å². The Labute approximate surface area is 864 Å². The number of benzene rings is 4. The van der Waals surface area contributed by atoms with Crippen LogP contribution in [0.25, 0.3) is 10.8 Å². The number of thioether (sulfide) groups is 3. The molecule has 4 bridgehead atoms. The number of carbonyl (C=O) groups excluding carboxylic acids is 19. The molecule has 808 valence electrons. The van der Waals surface area contributed by atoms with Gasteiger partial charge in [-0.2, -0.15) is 23.5 Å². The highest BCUT2D eigenvalue weighted by atomic mass is 32.2. The van der Waals surface area contributed by atoms with Crippen molar-refractivity contribution < 1.29 is 136 Å². The molecule has 5 aromatic rings. The second kappa shape index (κ2) is 58.5. The highest BCUT2D eigenvalue weighted by Gasteiger charge is 2.42. The molecule has 50 nitrogen and oxygen atoms in total. The van der Waals surface area contributed by atoms with Gasteiger partial charge in [0.25, 0.3) is 0 Å². The first kappa shape index (κ1) is 121. The van der Waals surface area contributed by atoms with E-state index in [1.165, 1.54) is 76.2 Å². The molecular formula is C96H125N19O31S3. The van der Waals surface area contributed by atoms with Crippen LogP contribution in [0.15, 0.2) is 111 Å². The number of hydrogen-bond acceptors (Lipinski definition) is 31. The van der Waals surface area contributed by atoms with Crippen LogP contribution in [-0.4, -0.2) is 295 Å². The summed E-state index contributed by atoms with van der Waals surface area (Å²) >= 11 is 2.15. The third kappa shape index (κ3) is 39.6.